The Kier molecular flexibility index (Phi) is 6.10. The van der Waals surface area contributed by atoms with Gasteiger partial charge < -0.3 is 19.8 Å². The number of anilines is 1. The Labute approximate surface area is 228 Å². The third-order valence-electron chi connectivity index (χ3n) is 7.37. The number of aryl methyl sites for hydroxylation is 1. The van der Waals surface area contributed by atoms with Gasteiger partial charge in [0.1, 0.15) is 23.0 Å². The molecule has 1 amide bonds. The first-order valence-electron chi connectivity index (χ1n) is 12.8. The molecule has 2 N–H and O–H groups in total. The van der Waals surface area contributed by atoms with E-state index in [1.165, 1.54) is 0 Å². The second kappa shape index (κ2) is 9.49. The predicted octanol–water partition coefficient (Wildman–Crippen LogP) is 3.68. The average molecular weight is 546 g/mol. The van der Waals surface area contributed by atoms with Crippen LogP contribution in [0.15, 0.2) is 29.2 Å². The number of rotatable bonds is 0. The quantitative estimate of drug-likeness (QED) is 0.284. The van der Waals surface area contributed by atoms with Gasteiger partial charge in [-0.3, -0.25) is 19.3 Å². The standard InChI is InChI=1S/C27H28ClN9O2/c1-14-22-15(2)37(34-14)13-21(38)35(3)9-5-6-10-36(4)26-24-19(12-20(28)32-26)30-25(33-24)17-11-16-18(31-27(17)39)7-8-29-23(16)22/h7-8,11-12H,5-6,9-10,13H2,1-4H3,(H,30,33)(H,31,39). The molecule has 1 aliphatic rings. The third kappa shape index (κ3) is 4.32. The van der Waals surface area contributed by atoms with Crippen LogP contribution in [0.1, 0.15) is 24.2 Å². The molecule has 11 nitrogen and oxygen atoms in total. The van der Waals surface area contributed by atoms with Crippen LogP contribution in [0.4, 0.5) is 5.82 Å². The molecule has 0 saturated heterocycles. The summed E-state index contributed by atoms with van der Waals surface area (Å²) in [4.78, 5) is 50.3. The number of aromatic amines is 2. The summed E-state index contributed by atoms with van der Waals surface area (Å²) in [6, 6.07) is 5.28. The van der Waals surface area contributed by atoms with Crippen molar-refractivity contribution in [2.75, 3.05) is 32.1 Å². The summed E-state index contributed by atoms with van der Waals surface area (Å²) in [7, 11) is 3.75. The number of hydrogen-bond donors (Lipinski definition) is 2. The summed E-state index contributed by atoms with van der Waals surface area (Å²) in [5.41, 5.74) is 5.13. The Morgan fingerprint density at radius 1 is 0.974 bits per heavy atom. The molecule has 6 bridgehead atoms. The maximum absolute atomic E-state index is 13.2. The largest absolute Gasteiger partial charge is 0.358 e. The fourth-order valence-corrected chi connectivity index (χ4v) is 5.42. The highest BCUT2D eigenvalue weighted by molar-refractivity contribution is 6.30. The minimum absolute atomic E-state index is 0.0159. The number of carbonyl (C=O) groups excluding carboxylic acids is 1. The summed E-state index contributed by atoms with van der Waals surface area (Å²) in [6.07, 6.45) is 3.31. The van der Waals surface area contributed by atoms with Crippen molar-refractivity contribution in [3.63, 3.8) is 0 Å². The minimum atomic E-state index is -0.281. The zero-order valence-electron chi connectivity index (χ0n) is 22.2. The van der Waals surface area contributed by atoms with E-state index in [1.54, 1.807) is 34.0 Å². The third-order valence-corrected chi connectivity index (χ3v) is 7.57. The Morgan fingerprint density at radius 2 is 1.74 bits per heavy atom. The van der Waals surface area contributed by atoms with E-state index < -0.39 is 0 Å². The van der Waals surface area contributed by atoms with Crippen molar-refractivity contribution in [1.29, 1.82) is 0 Å². The second-order valence-corrected chi connectivity index (χ2v) is 10.4. The lowest BCUT2D eigenvalue weighted by molar-refractivity contribution is -0.130. The van der Waals surface area contributed by atoms with E-state index in [9.17, 15) is 9.59 Å². The summed E-state index contributed by atoms with van der Waals surface area (Å²) in [5.74, 6) is 1.02. The number of hydrogen-bond acceptors (Lipinski definition) is 7. The molecule has 200 valence electrons. The Hall–Kier alpha value is -4.25. The van der Waals surface area contributed by atoms with Crippen molar-refractivity contribution < 1.29 is 4.79 Å². The normalized spacial score (nSPS) is 14.8. The molecule has 0 saturated carbocycles. The fourth-order valence-electron chi connectivity index (χ4n) is 5.23. The monoisotopic (exact) mass is 545 g/mol. The Morgan fingerprint density at radius 3 is 2.54 bits per heavy atom. The molecule has 0 spiro atoms. The van der Waals surface area contributed by atoms with Crippen molar-refractivity contribution in [3.8, 4) is 22.6 Å². The molecule has 6 heterocycles. The van der Waals surface area contributed by atoms with Crippen molar-refractivity contribution in [2.45, 2.75) is 33.2 Å². The highest BCUT2D eigenvalue weighted by Crippen LogP contribution is 2.33. The van der Waals surface area contributed by atoms with Gasteiger partial charge in [-0.05, 0) is 38.8 Å². The average Bonchev–Trinajstić information content (AvgIpc) is 3.44. The summed E-state index contributed by atoms with van der Waals surface area (Å²) in [6.45, 7) is 5.29. The number of amides is 1. The molecule has 39 heavy (non-hydrogen) atoms. The Balaban J connectivity index is 1.61. The minimum Gasteiger partial charge on any atom is -0.358 e. The van der Waals surface area contributed by atoms with Crippen LogP contribution < -0.4 is 10.5 Å². The molecule has 0 aromatic carbocycles. The van der Waals surface area contributed by atoms with Crippen LogP contribution in [0.3, 0.4) is 0 Å². The van der Waals surface area contributed by atoms with E-state index in [0.717, 1.165) is 35.2 Å². The second-order valence-electron chi connectivity index (χ2n) is 10.0. The highest BCUT2D eigenvalue weighted by Gasteiger charge is 2.22. The molecule has 6 rings (SSSR count). The fraction of sp³-hybridized carbons (Fsp3) is 0.333. The van der Waals surface area contributed by atoms with E-state index in [2.05, 4.69) is 25.0 Å². The van der Waals surface area contributed by atoms with Crippen LogP contribution in [-0.2, 0) is 11.3 Å². The topological polar surface area (TPSA) is 129 Å². The number of pyridine rings is 3. The molecule has 12 heteroatoms. The van der Waals surface area contributed by atoms with Crippen molar-refractivity contribution in [2.24, 2.45) is 0 Å². The number of imidazole rings is 1. The molecular formula is C27H28ClN9O2. The molecule has 0 radical (unpaired) electrons. The van der Waals surface area contributed by atoms with Gasteiger partial charge in [0.05, 0.1) is 28.0 Å². The van der Waals surface area contributed by atoms with E-state index in [4.69, 9.17) is 16.6 Å². The number of aromatic nitrogens is 7. The lowest BCUT2D eigenvalue weighted by atomic mass is 10.0. The van der Waals surface area contributed by atoms with E-state index in [0.29, 0.717) is 57.7 Å². The molecule has 0 atom stereocenters. The van der Waals surface area contributed by atoms with Gasteiger partial charge >= 0.3 is 0 Å². The lowest BCUT2D eigenvalue weighted by Crippen LogP contribution is -2.32. The highest BCUT2D eigenvalue weighted by atomic mass is 35.5. The first kappa shape index (κ1) is 25.1. The molecule has 5 aromatic rings. The smallest absolute Gasteiger partial charge is 0.259 e. The van der Waals surface area contributed by atoms with Gasteiger partial charge in [-0.15, -0.1) is 0 Å². The van der Waals surface area contributed by atoms with Crippen molar-refractivity contribution in [3.05, 3.63) is 51.3 Å². The number of fused-ring (bicyclic) bond motifs is 6. The number of likely N-dealkylation sites (N-methyl/N-ethyl adjacent to an activating group) is 1. The zero-order chi connectivity index (χ0) is 27.4. The molecule has 5 aromatic heterocycles. The van der Waals surface area contributed by atoms with Crippen LogP contribution in [-0.4, -0.2) is 72.7 Å². The zero-order valence-corrected chi connectivity index (χ0v) is 22.9. The van der Waals surface area contributed by atoms with Gasteiger partial charge in [-0.25, -0.2) is 9.97 Å². The van der Waals surface area contributed by atoms with Crippen LogP contribution in [0.5, 0.6) is 0 Å². The molecule has 1 aliphatic heterocycles. The first-order chi connectivity index (χ1) is 18.7. The first-order valence-corrected chi connectivity index (χ1v) is 13.2. The summed E-state index contributed by atoms with van der Waals surface area (Å²) >= 11 is 6.37. The van der Waals surface area contributed by atoms with Gasteiger partial charge in [0, 0.05) is 56.1 Å². The van der Waals surface area contributed by atoms with E-state index >= 15 is 0 Å². The summed E-state index contributed by atoms with van der Waals surface area (Å²) in [5, 5.41) is 5.75. The van der Waals surface area contributed by atoms with Gasteiger partial charge in [-0.1, -0.05) is 11.6 Å². The maximum atomic E-state index is 13.2. The van der Waals surface area contributed by atoms with Crippen LogP contribution in [0.2, 0.25) is 5.15 Å². The van der Waals surface area contributed by atoms with Gasteiger partial charge in [0.2, 0.25) is 5.91 Å². The maximum Gasteiger partial charge on any atom is 0.259 e. The number of carbonyl (C=O) groups is 1. The lowest BCUT2D eigenvalue weighted by Gasteiger charge is -2.21. The SMILES string of the molecule is Cc1nn2c(C)c1-c1nccc3[nH]c(=O)c(cc13)-c1nc3c(nc(Cl)cc3[nH]1)N(C)CCCCN(C)C(=O)C2. The van der Waals surface area contributed by atoms with Gasteiger partial charge in [0.15, 0.2) is 5.82 Å². The number of H-pyrrole nitrogens is 2. The molecular weight excluding hydrogens is 518 g/mol. The van der Waals surface area contributed by atoms with E-state index in [-0.39, 0.29) is 18.0 Å². The number of halogens is 1. The van der Waals surface area contributed by atoms with Crippen LogP contribution in [0, 0.1) is 13.8 Å². The number of nitrogens with one attached hydrogen (secondary N) is 2. The van der Waals surface area contributed by atoms with Crippen LogP contribution >= 0.6 is 11.6 Å². The predicted molar refractivity (Wildman–Crippen MR) is 151 cm³/mol. The van der Waals surface area contributed by atoms with Crippen molar-refractivity contribution in [1.82, 2.24) is 39.6 Å². The van der Waals surface area contributed by atoms with Gasteiger partial charge in [0.25, 0.3) is 5.56 Å². The summed E-state index contributed by atoms with van der Waals surface area (Å²) < 4.78 is 1.73. The van der Waals surface area contributed by atoms with Crippen LogP contribution in [0.25, 0.3) is 44.6 Å². The molecule has 0 aliphatic carbocycles. The van der Waals surface area contributed by atoms with Gasteiger partial charge in [-0.2, -0.15) is 5.10 Å². The molecule has 0 unspecified atom stereocenters. The molecule has 0 fully saturated rings. The number of nitrogens with zero attached hydrogens (tertiary/aromatic N) is 7. The van der Waals surface area contributed by atoms with E-state index in [1.807, 2.05) is 32.8 Å². The van der Waals surface area contributed by atoms with Crippen molar-refractivity contribution >= 4 is 45.3 Å². The Bertz CT molecular complexity index is 1820.